The molecule has 3 aromatic rings. The second kappa shape index (κ2) is 3.06. The first-order valence-electron chi connectivity index (χ1n) is 4.48. The van der Waals surface area contributed by atoms with Gasteiger partial charge in [0.25, 0.3) is 0 Å². The lowest BCUT2D eigenvalue weighted by Crippen LogP contribution is -1.92. The van der Waals surface area contributed by atoms with Gasteiger partial charge in [0.05, 0.1) is 11.4 Å². The predicted octanol–water partition coefficient (Wildman–Crippen LogP) is 2.27. The van der Waals surface area contributed by atoms with Gasteiger partial charge in [0, 0.05) is 28.7 Å². The predicted molar refractivity (Wildman–Crippen MR) is 61.6 cm³/mol. The van der Waals surface area contributed by atoms with E-state index in [1.54, 1.807) is 6.20 Å². The number of aromatic amines is 1. The number of H-pyrrole nitrogens is 1. The molecular formula is C10H8N4S. The van der Waals surface area contributed by atoms with Crippen molar-refractivity contribution in [1.29, 1.82) is 0 Å². The maximum Gasteiger partial charge on any atom is 0.139 e. The molecule has 4 nitrogen and oxygen atoms in total. The average molecular weight is 216 g/mol. The Morgan fingerprint density at radius 2 is 2.27 bits per heavy atom. The van der Waals surface area contributed by atoms with Crippen molar-refractivity contribution in [2.75, 3.05) is 5.73 Å². The van der Waals surface area contributed by atoms with E-state index in [4.69, 9.17) is 5.73 Å². The topological polar surface area (TPSA) is 67.6 Å². The van der Waals surface area contributed by atoms with Crippen molar-refractivity contribution in [2.45, 2.75) is 0 Å². The van der Waals surface area contributed by atoms with E-state index in [2.05, 4.69) is 14.3 Å². The summed E-state index contributed by atoms with van der Waals surface area (Å²) in [7, 11) is 0. The van der Waals surface area contributed by atoms with Crippen LogP contribution >= 0.6 is 11.5 Å². The van der Waals surface area contributed by atoms with Gasteiger partial charge >= 0.3 is 0 Å². The van der Waals surface area contributed by atoms with Crippen molar-refractivity contribution in [3.63, 3.8) is 0 Å². The highest BCUT2D eigenvalue weighted by Crippen LogP contribution is 2.29. The summed E-state index contributed by atoms with van der Waals surface area (Å²) in [5.41, 5.74) is 9.37. The monoisotopic (exact) mass is 216 g/mol. The third-order valence-electron chi connectivity index (χ3n) is 2.34. The van der Waals surface area contributed by atoms with E-state index in [1.165, 1.54) is 11.5 Å². The van der Waals surface area contributed by atoms with Gasteiger partial charge in [-0.05, 0) is 23.7 Å². The maximum atomic E-state index is 6.06. The standard InChI is InChI=1S/C10H8N4S/c11-9-6-1-3-12-10(6)13-5-7(9)8-2-4-15-14-8/h1-5H,(H3,11,12,13). The zero-order valence-electron chi connectivity index (χ0n) is 7.77. The van der Waals surface area contributed by atoms with Gasteiger partial charge in [-0.2, -0.15) is 4.37 Å². The lowest BCUT2D eigenvalue weighted by Gasteiger charge is -2.02. The van der Waals surface area contributed by atoms with Crippen molar-refractivity contribution < 1.29 is 0 Å². The number of rotatable bonds is 1. The second-order valence-corrected chi connectivity index (χ2v) is 3.88. The number of nitrogens with one attached hydrogen (secondary N) is 1. The van der Waals surface area contributed by atoms with E-state index >= 15 is 0 Å². The fraction of sp³-hybridized carbons (Fsp3) is 0. The molecule has 74 valence electrons. The number of aromatic nitrogens is 3. The average Bonchev–Trinajstić information content (AvgIpc) is 2.87. The Labute approximate surface area is 89.9 Å². The molecule has 0 aliphatic heterocycles. The number of nitrogens with two attached hydrogens (primary N) is 1. The van der Waals surface area contributed by atoms with Gasteiger partial charge in [0.1, 0.15) is 5.65 Å². The van der Waals surface area contributed by atoms with E-state index in [-0.39, 0.29) is 0 Å². The normalized spacial score (nSPS) is 10.9. The molecule has 3 rings (SSSR count). The molecule has 3 N–H and O–H groups in total. The minimum atomic E-state index is 0.729. The Kier molecular flexibility index (Phi) is 1.72. The molecule has 3 heterocycles. The summed E-state index contributed by atoms with van der Waals surface area (Å²) in [5, 5.41) is 2.87. The highest BCUT2D eigenvalue weighted by atomic mass is 32.1. The number of hydrogen-bond acceptors (Lipinski definition) is 4. The summed E-state index contributed by atoms with van der Waals surface area (Å²) in [6.07, 6.45) is 3.59. The van der Waals surface area contributed by atoms with Crippen LogP contribution in [0.3, 0.4) is 0 Å². The van der Waals surface area contributed by atoms with Crippen molar-refractivity contribution in [2.24, 2.45) is 0 Å². The lowest BCUT2D eigenvalue weighted by atomic mass is 10.1. The summed E-state index contributed by atoms with van der Waals surface area (Å²) in [5.74, 6) is 0. The molecule has 0 saturated carbocycles. The summed E-state index contributed by atoms with van der Waals surface area (Å²) < 4.78 is 4.25. The van der Waals surface area contributed by atoms with E-state index in [0.717, 1.165) is 28.0 Å². The highest BCUT2D eigenvalue weighted by molar-refractivity contribution is 7.03. The van der Waals surface area contributed by atoms with Crippen molar-refractivity contribution in [3.05, 3.63) is 29.9 Å². The molecule has 0 saturated heterocycles. The summed E-state index contributed by atoms with van der Waals surface area (Å²) in [6.45, 7) is 0. The SMILES string of the molecule is Nc1c(-c2ccsn2)cnc2[nH]ccc12. The first-order valence-corrected chi connectivity index (χ1v) is 5.32. The van der Waals surface area contributed by atoms with Crippen LogP contribution in [-0.4, -0.2) is 14.3 Å². The summed E-state index contributed by atoms with van der Waals surface area (Å²) in [6, 6.07) is 3.87. The number of fused-ring (bicyclic) bond motifs is 1. The zero-order valence-corrected chi connectivity index (χ0v) is 8.58. The van der Waals surface area contributed by atoms with Gasteiger partial charge in [-0.25, -0.2) is 4.98 Å². The molecule has 0 aliphatic carbocycles. The molecule has 5 heteroatoms. The number of nitrogens with zero attached hydrogens (tertiary/aromatic N) is 2. The maximum absolute atomic E-state index is 6.06. The van der Waals surface area contributed by atoms with Gasteiger partial charge in [-0.3, -0.25) is 0 Å². The Morgan fingerprint density at radius 3 is 3.07 bits per heavy atom. The van der Waals surface area contributed by atoms with Crippen LogP contribution < -0.4 is 5.73 Å². The van der Waals surface area contributed by atoms with Crippen LogP contribution in [0.1, 0.15) is 0 Å². The number of anilines is 1. The Hall–Kier alpha value is -1.88. The van der Waals surface area contributed by atoms with Gasteiger partial charge in [-0.15, -0.1) is 0 Å². The number of hydrogen-bond donors (Lipinski definition) is 2. The second-order valence-electron chi connectivity index (χ2n) is 3.21. The van der Waals surface area contributed by atoms with Gasteiger partial charge in [0.15, 0.2) is 0 Å². The third-order valence-corrected chi connectivity index (χ3v) is 2.90. The molecule has 0 fully saturated rings. The third kappa shape index (κ3) is 1.20. The molecule has 0 atom stereocenters. The summed E-state index contributed by atoms with van der Waals surface area (Å²) in [4.78, 5) is 7.31. The lowest BCUT2D eigenvalue weighted by molar-refractivity contribution is 1.32. The Morgan fingerprint density at radius 1 is 1.33 bits per heavy atom. The molecule has 0 unspecified atom stereocenters. The molecule has 3 aromatic heterocycles. The van der Waals surface area contributed by atoms with Crippen LogP contribution in [0.2, 0.25) is 0 Å². The molecule has 0 bridgehead atoms. The quantitative estimate of drug-likeness (QED) is 0.655. The minimum absolute atomic E-state index is 0.729. The first kappa shape index (κ1) is 8.43. The van der Waals surface area contributed by atoms with Crippen LogP contribution in [-0.2, 0) is 0 Å². The molecule has 0 aromatic carbocycles. The smallest absolute Gasteiger partial charge is 0.139 e. The van der Waals surface area contributed by atoms with E-state index in [9.17, 15) is 0 Å². The molecular weight excluding hydrogens is 208 g/mol. The van der Waals surface area contributed by atoms with Crippen LogP contribution in [0.15, 0.2) is 29.9 Å². The Bertz CT molecular complexity index is 597. The fourth-order valence-electron chi connectivity index (χ4n) is 1.58. The van der Waals surface area contributed by atoms with Gasteiger partial charge in [0.2, 0.25) is 0 Å². The van der Waals surface area contributed by atoms with E-state index in [0.29, 0.717) is 0 Å². The minimum Gasteiger partial charge on any atom is -0.398 e. The van der Waals surface area contributed by atoms with Crippen molar-refractivity contribution in [3.8, 4) is 11.3 Å². The van der Waals surface area contributed by atoms with E-state index in [1.807, 2.05) is 23.7 Å². The molecule has 0 amide bonds. The van der Waals surface area contributed by atoms with Gasteiger partial charge in [-0.1, -0.05) is 0 Å². The molecule has 0 spiro atoms. The fourth-order valence-corrected chi connectivity index (χ4v) is 2.11. The van der Waals surface area contributed by atoms with Crippen LogP contribution in [0.5, 0.6) is 0 Å². The van der Waals surface area contributed by atoms with Crippen LogP contribution in [0, 0.1) is 0 Å². The number of pyridine rings is 1. The first-order chi connectivity index (χ1) is 7.36. The highest BCUT2D eigenvalue weighted by Gasteiger charge is 2.09. The van der Waals surface area contributed by atoms with Crippen LogP contribution in [0.4, 0.5) is 5.69 Å². The summed E-state index contributed by atoms with van der Waals surface area (Å²) >= 11 is 1.41. The zero-order chi connectivity index (χ0) is 10.3. The van der Waals surface area contributed by atoms with Gasteiger partial charge < -0.3 is 10.7 Å². The van der Waals surface area contributed by atoms with Crippen molar-refractivity contribution in [1.82, 2.24) is 14.3 Å². The van der Waals surface area contributed by atoms with E-state index < -0.39 is 0 Å². The molecule has 15 heavy (non-hydrogen) atoms. The number of nitrogen functional groups attached to an aromatic ring is 1. The molecule has 0 radical (unpaired) electrons. The molecule has 0 aliphatic rings. The van der Waals surface area contributed by atoms with Crippen LogP contribution in [0.25, 0.3) is 22.3 Å². The van der Waals surface area contributed by atoms with Crippen molar-refractivity contribution >= 4 is 28.3 Å². The largest absolute Gasteiger partial charge is 0.398 e. The Balaban J connectivity index is 2.32.